The van der Waals surface area contributed by atoms with E-state index in [0.717, 1.165) is 10.2 Å². The molecular weight excluding hydrogens is 383 g/mol. The third kappa shape index (κ3) is 3.87. The second-order valence-electron chi connectivity index (χ2n) is 6.10. The van der Waals surface area contributed by atoms with Gasteiger partial charge < -0.3 is 9.84 Å². The fraction of sp³-hybridized carbons (Fsp3) is 0.353. The number of carbonyl (C=O) groups excluding carboxylic acids is 2. The van der Waals surface area contributed by atoms with Crippen molar-refractivity contribution >= 4 is 17.9 Å². The molecule has 28 heavy (non-hydrogen) atoms. The maximum atomic E-state index is 12.5. The Morgan fingerprint density at radius 2 is 2.00 bits per heavy atom. The number of carbonyl (C=O) groups is 3. The molecule has 0 fully saturated rings. The van der Waals surface area contributed by atoms with Crippen molar-refractivity contribution in [3.63, 3.8) is 0 Å². The summed E-state index contributed by atoms with van der Waals surface area (Å²) in [6.07, 6.45) is -1.53. The van der Waals surface area contributed by atoms with E-state index >= 15 is 0 Å². The molecule has 11 heteroatoms. The van der Waals surface area contributed by atoms with Crippen molar-refractivity contribution in [3.8, 4) is 11.3 Å². The number of carboxylic acid groups (broad SMARTS) is 1. The molecule has 1 aliphatic rings. The minimum atomic E-state index is -5.32. The Morgan fingerprint density at radius 3 is 2.68 bits per heavy atom. The second-order valence-corrected chi connectivity index (χ2v) is 6.10. The van der Waals surface area contributed by atoms with Crippen molar-refractivity contribution in [1.82, 2.24) is 14.8 Å². The number of rotatable bonds is 5. The number of ether oxygens (including phenoxy) is 1. The van der Waals surface area contributed by atoms with E-state index in [2.05, 4.69) is 14.8 Å². The first kappa shape index (κ1) is 19.5. The highest BCUT2D eigenvalue weighted by Crippen LogP contribution is 2.34. The van der Waals surface area contributed by atoms with Gasteiger partial charge in [0, 0.05) is 36.5 Å². The number of aryl methyl sites for hydroxylation is 2. The zero-order chi connectivity index (χ0) is 20.5. The summed E-state index contributed by atoms with van der Waals surface area (Å²) in [6.45, 7) is -0.0373. The lowest BCUT2D eigenvalue weighted by Gasteiger charge is -2.15. The van der Waals surface area contributed by atoms with Crippen LogP contribution in [0.4, 0.5) is 13.2 Å². The van der Waals surface area contributed by atoms with Crippen LogP contribution in [0.3, 0.4) is 0 Å². The van der Waals surface area contributed by atoms with Crippen LogP contribution in [0, 0.1) is 0 Å². The summed E-state index contributed by atoms with van der Waals surface area (Å²) in [5, 5.41) is 13.1. The van der Waals surface area contributed by atoms with Crippen LogP contribution in [0.1, 0.15) is 34.5 Å². The SMILES string of the molecule is O=C(O)CCCn1nc2c(c1C(=O)OC(=O)C(F)(F)F)CCc1cnccc1-2. The van der Waals surface area contributed by atoms with E-state index in [1.165, 1.54) is 6.20 Å². The number of aliphatic carboxylic acids is 1. The monoisotopic (exact) mass is 397 g/mol. The molecule has 0 aliphatic heterocycles. The molecule has 1 aliphatic carbocycles. The second kappa shape index (κ2) is 7.41. The first-order valence-electron chi connectivity index (χ1n) is 8.26. The number of hydrogen-bond acceptors (Lipinski definition) is 6. The summed E-state index contributed by atoms with van der Waals surface area (Å²) < 4.78 is 42.5. The van der Waals surface area contributed by atoms with Crippen molar-refractivity contribution < 1.29 is 37.4 Å². The fourth-order valence-electron chi connectivity index (χ4n) is 3.03. The van der Waals surface area contributed by atoms with Crippen LogP contribution in [0.25, 0.3) is 11.3 Å². The first-order valence-corrected chi connectivity index (χ1v) is 8.26. The summed E-state index contributed by atoms with van der Waals surface area (Å²) in [6, 6.07) is 1.66. The lowest BCUT2D eigenvalue weighted by molar-refractivity contribution is -0.193. The number of esters is 2. The summed E-state index contributed by atoms with van der Waals surface area (Å²) in [5.41, 5.74) is 1.99. The van der Waals surface area contributed by atoms with E-state index in [-0.39, 0.29) is 31.5 Å². The fourth-order valence-corrected chi connectivity index (χ4v) is 3.03. The summed E-state index contributed by atoms with van der Waals surface area (Å²) in [5.74, 6) is -5.15. The lowest BCUT2D eigenvalue weighted by Crippen LogP contribution is -2.29. The summed E-state index contributed by atoms with van der Waals surface area (Å²) in [7, 11) is 0. The Morgan fingerprint density at radius 1 is 1.25 bits per heavy atom. The van der Waals surface area contributed by atoms with Crippen molar-refractivity contribution in [2.24, 2.45) is 0 Å². The highest BCUT2D eigenvalue weighted by Gasteiger charge is 2.43. The molecule has 8 nitrogen and oxygen atoms in total. The van der Waals surface area contributed by atoms with Crippen LogP contribution in [0.5, 0.6) is 0 Å². The van der Waals surface area contributed by atoms with Crippen molar-refractivity contribution in [3.05, 3.63) is 35.3 Å². The van der Waals surface area contributed by atoms with Gasteiger partial charge in [0.2, 0.25) is 0 Å². The number of hydrogen-bond donors (Lipinski definition) is 1. The van der Waals surface area contributed by atoms with Crippen LogP contribution in [0.2, 0.25) is 0 Å². The van der Waals surface area contributed by atoms with Crippen LogP contribution in [-0.2, 0) is 33.7 Å². The maximum absolute atomic E-state index is 12.5. The normalized spacial score (nSPS) is 12.8. The number of aromatic nitrogens is 3. The predicted octanol–water partition coefficient (Wildman–Crippen LogP) is 2.15. The highest BCUT2D eigenvalue weighted by molar-refractivity contribution is 5.99. The topological polar surface area (TPSA) is 111 Å². The van der Waals surface area contributed by atoms with Gasteiger partial charge in [0.15, 0.2) is 5.69 Å². The standard InChI is InChI=1S/C17H14F3N3O5/c18-17(19,20)16(27)28-15(26)14-11-4-3-9-8-21-6-5-10(9)13(11)22-23(14)7-1-2-12(24)25/h5-6,8H,1-4,7H2,(H,24,25). The Hall–Kier alpha value is -3.24. The highest BCUT2D eigenvalue weighted by atomic mass is 19.4. The average molecular weight is 397 g/mol. The zero-order valence-electron chi connectivity index (χ0n) is 14.3. The number of fused-ring (bicyclic) bond motifs is 3. The molecule has 0 saturated heterocycles. The molecule has 0 unspecified atom stereocenters. The molecule has 0 saturated carbocycles. The lowest BCUT2D eigenvalue weighted by atomic mass is 9.90. The van der Waals surface area contributed by atoms with Crippen molar-refractivity contribution in [1.29, 1.82) is 0 Å². The number of halogens is 3. The quantitative estimate of drug-likeness (QED) is 0.608. The van der Waals surface area contributed by atoms with Gasteiger partial charge in [-0.15, -0.1) is 0 Å². The van der Waals surface area contributed by atoms with E-state index in [1.54, 1.807) is 12.3 Å². The Balaban J connectivity index is 1.99. The predicted molar refractivity (Wildman–Crippen MR) is 86.2 cm³/mol. The Kier molecular flexibility index (Phi) is 5.16. The molecule has 0 bridgehead atoms. The van der Waals surface area contributed by atoms with Gasteiger partial charge >= 0.3 is 24.1 Å². The van der Waals surface area contributed by atoms with Crippen LogP contribution in [0.15, 0.2) is 18.5 Å². The van der Waals surface area contributed by atoms with Crippen LogP contribution < -0.4 is 0 Å². The number of alkyl halides is 3. The van der Waals surface area contributed by atoms with Gasteiger partial charge in [0.1, 0.15) is 0 Å². The molecular formula is C17H14F3N3O5. The molecule has 0 atom stereocenters. The van der Waals surface area contributed by atoms with Gasteiger partial charge in [-0.05, 0) is 30.9 Å². The van der Waals surface area contributed by atoms with Gasteiger partial charge in [-0.1, -0.05) is 0 Å². The van der Waals surface area contributed by atoms with E-state index in [1.807, 2.05) is 0 Å². The zero-order valence-corrected chi connectivity index (χ0v) is 14.3. The van der Waals surface area contributed by atoms with Crippen LogP contribution in [-0.4, -0.2) is 44.0 Å². The molecule has 2 heterocycles. The molecule has 0 radical (unpaired) electrons. The number of pyridine rings is 1. The molecule has 0 aromatic carbocycles. The molecule has 0 amide bonds. The summed E-state index contributed by atoms with van der Waals surface area (Å²) in [4.78, 5) is 38.1. The maximum Gasteiger partial charge on any atom is 0.491 e. The Labute approximate surface area is 155 Å². The van der Waals surface area contributed by atoms with Gasteiger partial charge in [-0.3, -0.25) is 14.5 Å². The largest absolute Gasteiger partial charge is 0.491 e. The summed E-state index contributed by atoms with van der Waals surface area (Å²) >= 11 is 0. The molecule has 0 spiro atoms. The number of carboxylic acids is 1. The van der Waals surface area contributed by atoms with Gasteiger partial charge in [-0.2, -0.15) is 18.3 Å². The van der Waals surface area contributed by atoms with E-state index in [0.29, 0.717) is 23.2 Å². The average Bonchev–Trinajstić information content (AvgIpc) is 2.99. The number of nitrogens with zero attached hydrogens (tertiary/aromatic N) is 3. The third-order valence-electron chi connectivity index (χ3n) is 4.22. The third-order valence-corrected chi connectivity index (χ3v) is 4.22. The Bertz CT molecular complexity index is 952. The minimum Gasteiger partial charge on any atom is -0.481 e. The van der Waals surface area contributed by atoms with Crippen molar-refractivity contribution in [2.45, 2.75) is 38.4 Å². The van der Waals surface area contributed by atoms with E-state index < -0.39 is 24.1 Å². The van der Waals surface area contributed by atoms with Gasteiger partial charge in [-0.25, -0.2) is 9.59 Å². The van der Waals surface area contributed by atoms with Gasteiger partial charge in [0.25, 0.3) is 0 Å². The molecule has 2 aromatic rings. The molecule has 1 N–H and O–H groups in total. The van der Waals surface area contributed by atoms with E-state index in [9.17, 15) is 27.6 Å². The smallest absolute Gasteiger partial charge is 0.481 e. The molecule has 2 aromatic heterocycles. The molecule has 148 valence electrons. The minimum absolute atomic E-state index is 0.0373. The van der Waals surface area contributed by atoms with Crippen molar-refractivity contribution in [2.75, 3.05) is 0 Å². The van der Waals surface area contributed by atoms with E-state index in [4.69, 9.17) is 5.11 Å². The van der Waals surface area contributed by atoms with Gasteiger partial charge in [0.05, 0.1) is 5.69 Å². The first-order chi connectivity index (χ1) is 13.2. The van der Waals surface area contributed by atoms with Crippen LogP contribution >= 0.6 is 0 Å². The molecule has 3 rings (SSSR count).